The van der Waals surface area contributed by atoms with Crippen LogP contribution in [0, 0.1) is 11.8 Å². The zero-order valence-corrected chi connectivity index (χ0v) is 14.6. The highest BCUT2D eigenvalue weighted by Gasteiger charge is 2.33. The molecule has 1 unspecified atom stereocenters. The zero-order chi connectivity index (χ0) is 19.9. The van der Waals surface area contributed by atoms with Crippen LogP contribution < -0.4 is 10.9 Å². The first kappa shape index (κ1) is 20.9. The molecule has 2 amide bonds. The number of hydroxylamine groups is 2. The quantitative estimate of drug-likeness (QED) is 0.286. The van der Waals surface area contributed by atoms with E-state index in [0.717, 1.165) is 50.8 Å². The molecule has 0 aromatic carbocycles. The Hall–Kier alpha value is -2.43. The molecule has 0 saturated heterocycles. The second-order valence-electron chi connectivity index (χ2n) is 6.46. The number of aromatic nitrogens is 2. The highest BCUT2D eigenvalue weighted by Crippen LogP contribution is 2.30. The van der Waals surface area contributed by atoms with E-state index in [-0.39, 0.29) is 18.9 Å². The van der Waals surface area contributed by atoms with E-state index < -0.39 is 29.6 Å². The summed E-state index contributed by atoms with van der Waals surface area (Å²) in [5.41, 5.74) is 3.42. The van der Waals surface area contributed by atoms with Crippen LogP contribution >= 0.6 is 0 Å². The normalized spacial score (nSPS) is 16.9. The highest BCUT2D eigenvalue weighted by atomic mass is 19.4. The lowest BCUT2D eigenvalue weighted by atomic mass is 9.85. The number of rotatable bonds is 7. The number of carbonyl (C=O) groups excluding carboxylic acids is 2. The topological polar surface area (TPSA) is 107 Å². The fraction of sp³-hybridized carbons (Fsp3) is 0.625. The highest BCUT2D eigenvalue weighted by molar-refractivity contribution is 5.80. The lowest BCUT2D eigenvalue weighted by Gasteiger charge is -2.27. The van der Waals surface area contributed by atoms with Crippen molar-refractivity contribution in [3.8, 4) is 0 Å². The van der Waals surface area contributed by atoms with Gasteiger partial charge in [0.1, 0.15) is 5.69 Å². The molecule has 2 rings (SSSR count). The standard InChI is InChI=1S/C16H22F3N5O3/c17-16(18,19)13-7-8-20-15(21-13)23-22-14(26)12(9-24(27)10-25)11-5-3-1-2-4-6-11/h7-8,10-12,27H,1-6,9H2,(H,22,26)(H,20,21,23). The van der Waals surface area contributed by atoms with E-state index >= 15 is 0 Å². The molecular weight excluding hydrogens is 367 g/mol. The van der Waals surface area contributed by atoms with Gasteiger partial charge in [0, 0.05) is 6.20 Å². The largest absolute Gasteiger partial charge is 0.433 e. The Kier molecular flexibility index (Phi) is 7.34. The van der Waals surface area contributed by atoms with Gasteiger partial charge in [-0.15, -0.1) is 0 Å². The number of nitrogens with one attached hydrogen (secondary N) is 2. The van der Waals surface area contributed by atoms with Crippen LogP contribution in [0.3, 0.4) is 0 Å². The number of nitrogens with zero attached hydrogens (tertiary/aromatic N) is 3. The average molecular weight is 389 g/mol. The van der Waals surface area contributed by atoms with Gasteiger partial charge in [0.25, 0.3) is 0 Å². The summed E-state index contributed by atoms with van der Waals surface area (Å²) < 4.78 is 38.1. The number of hydrazine groups is 1. The monoisotopic (exact) mass is 389 g/mol. The van der Waals surface area contributed by atoms with Crippen LogP contribution in [0.2, 0.25) is 0 Å². The van der Waals surface area contributed by atoms with Gasteiger partial charge in [0.15, 0.2) is 0 Å². The SMILES string of the molecule is O=CN(O)CC(C(=O)NNc1nccc(C(F)(F)F)n1)C1CCCCCC1. The minimum absolute atomic E-state index is 0.0497. The van der Waals surface area contributed by atoms with Crippen molar-refractivity contribution in [2.45, 2.75) is 44.7 Å². The minimum atomic E-state index is -4.63. The molecule has 1 aromatic heterocycles. The first-order valence-corrected chi connectivity index (χ1v) is 8.68. The van der Waals surface area contributed by atoms with Crippen molar-refractivity contribution in [3.05, 3.63) is 18.0 Å². The minimum Gasteiger partial charge on any atom is -0.286 e. The van der Waals surface area contributed by atoms with Crippen molar-refractivity contribution in [2.75, 3.05) is 12.0 Å². The van der Waals surface area contributed by atoms with Gasteiger partial charge in [0.05, 0.1) is 12.5 Å². The Bertz CT molecular complexity index is 636. The summed E-state index contributed by atoms with van der Waals surface area (Å²) >= 11 is 0. The number of halogens is 3. The van der Waals surface area contributed by atoms with Crippen LogP contribution in [0.5, 0.6) is 0 Å². The van der Waals surface area contributed by atoms with Crippen LogP contribution in [-0.4, -0.2) is 39.1 Å². The first-order valence-electron chi connectivity index (χ1n) is 8.68. The fourth-order valence-corrected chi connectivity index (χ4v) is 3.19. The average Bonchev–Trinajstić information content (AvgIpc) is 2.92. The van der Waals surface area contributed by atoms with Crippen LogP contribution in [0.4, 0.5) is 19.1 Å². The third-order valence-corrected chi connectivity index (χ3v) is 4.55. The van der Waals surface area contributed by atoms with E-state index in [4.69, 9.17) is 0 Å². The molecule has 1 saturated carbocycles. The predicted octanol–water partition coefficient (Wildman–Crippen LogP) is 2.37. The van der Waals surface area contributed by atoms with Gasteiger partial charge in [-0.1, -0.05) is 25.7 Å². The van der Waals surface area contributed by atoms with E-state index in [0.29, 0.717) is 5.06 Å². The molecular formula is C16H22F3N5O3. The van der Waals surface area contributed by atoms with E-state index in [1.54, 1.807) is 0 Å². The van der Waals surface area contributed by atoms with Crippen molar-refractivity contribution in [1.82, 2.24) is 20.5 Å². The summed E-state index contributed by atoms with van der Waals surface area (Å²) in [6, 6.07) is 0.717. The van der Waals surface area contributed by atoms with Crippen LogP contribution in [0.15, 0.2) is 12.3 Å². The van der Waals surface area contributed by atoms with Crippen molar-refractivity contribution in [3.63, 3.8) is 0 Å². The van der Waals surface area contributed by atoms with Crippen LogP contribution in [0.25, 0.3) is 0 Å². The van der Waals surface area contributed by atoms with E-state index in [1.165, 1.54) is 0 Å². The number of anilines is 1. The molecule has 8 nitrogen and oxygen atoms in total. The molecule has 1 atom stereocenters. The molecule has 1 heterocycles. The fourth-order valence-electron chi connectivity index (χ4n) is 3.19. The van der Waals surface area contributed by atoms with E-state index in [9.17, 15) is 28.0 Å². The summed E-state index contributed by atoms with van der Waals surface area (Å²) in [6.07, 6.45) is 2.02. The maximum absolute atomic E-state index is 12.7. The van der Waals surface area contributed by atoms with Crippen LogP contribution in [-0.2, 0) is 15.8 Å². The Morgan fingerprint density at radius 2 is 2.00 bits per heavy atom. The lowest BCUT2D eigenvalue weighted by Crippen LogP contribution is -2.43. The molecule has 3 N–H and O–H groups in total. The maximum Gasteiger partial charge on any atom is 0.433 e. The number of hydrogen-bond donors (Lipinski definition) is 3. The van der Waals surface area contributed by atoms with Gasteiger partial charge in [-0.25, -0.2) is 15.0 Å². The van der Waals surface area contributed by atoms with Gasteiger partial charge in [-0.2, -0.15) is 13.2 Å². The van der Waals surface area contributed by atoms with E-state index in [1.807, 2.05) is 0 Å². The third-order valence-electron chi connectivity index (χ3n) is 4.55. The molecule has 11 heteroatoms. The molecule has 150 valence electrons. The molecule has 0 radical (unpaired) electrons. The van der Waals surface area contributed by atoms with Crippen LogP contribution in [0.1, 0.15) is 44.2 Å². The summed E-state index contributed by atoms with van der Waals surface area (Å²) in [4.78, 5) is 30.2. The summed E-state index contributed by atoms with van der Waals surface area (Å²) in [7, 11) is 0. The smallest absolute Gasteiger partial charge is 0.286 e. The molecule has 0 bridgehead atoms. The summed E-state index contributed by atoms with van der Waals surface area (Å²) in [5, 5.41) is 9.90. The number of carbonyl (C=O) groups is 2. The molecule has 1 aliphatic rings. The Morgan fingerprint density at radius 1 is 1.33 bits per heavy atom. The molecule has 1 fully saturated rings. The second kappa shape index (κ2) is 9.49. The molecule has 0 aliphatic heterocycles. The summed E-state index contributed by atoms with van der Waals surface area (Å²) in [5.74, 6) is -1.72. The maximum atomic E-state index is 12.7. The Labute approximate surface area is 154 Å². The predicted molar refractivity (Wildman–Crippen MR) is 88.0 cm³/mol. The van der Waals surface area contributed by atoms with Gasteiger partial charge < -0.3 is 0 Å². The molecule has 27 heavy (non-hydrogen) atoms. The van der Waals surface area contributed by atoms with Gasteiger partial charge in [-0.05, 0) is 24.8 Å². The molecule has 1 aliphatic carbocycles. The Balaban J connectivity index is 2.05. The van der Waals surface area contributed by atoms with Gasteiger partial charge in [-0.3, -0.25) is 25.6 Å². The lowest BCUT2D eigenvalue weighted by molar-refractivity contribution is -0.156. The first-order chi connectivity index (χ1) is 12.8. The Morgan fingerprint density at radius 3 is 2.59 bits per heavy atom. The number of alkyl halides is 3. The number of amides is 2. The zero-order valence-electron chi connectivity index (χ0n) is 14.6. The van der Waals surface area contributed by atoms with E-state index in [2.05, 4.69) is 20.8 Å². The second-order valence-corrected chi connectivity index (χ2v) is 6.46. The molecule has 0 spiro atoms. The third kappa shape index (κ3) is 6.35. The van der Waals surface area contributed by atoms with Crippen molar-refractivity contribution >= 4 is 18.3 Å². The summed E-state index contributed by atoms with van der Waals surface area (Å²) in [6.45, 7) is -0.203. The van der Waals surface area contributed by atoms with Crippen molar-refractivity contribution in [1.29, 1.82) is 0 Å². The van der Waals surface area contributed by atoms with Gasteiger partial charge in [0.2, 0.25) is 18.3 Å². The number of hydrogen-bond acceptors (Lipinski definition) is 6. The van der Waals surface area contributed by atoms with Crippen molar-refractivity contribution in [2.24, 2.45) is 11.8 Å². The van der Waals surface area contributed by atoms with Gasteiger partial charge >= 0.3 is 6.18 Å². The molecule has 1 aromatic rings. The van der Waals surface area contributed by atoms with Crippen molar-refractivity contribution < 1.29 is 28.0 Å².